The summed E-state index contributed by atoms with van der Waals surface area (Å²) in [7, 11) is 0. The van der Waals surface area contributed by atoms with E-state index in [1.54, 1.807) is 24.5 Å². The molecule has 0 bridgehead atoms. The monoisotopic (exact) mass is 355 g/mol. The summed E-state index contributed by atoms with van der Waals surface area (Å²) in [5.74, 6) is 0.354. The molecule has 0 aromatic carbocycles. The van der Waals surface area contributed by atoms with Crippen molar-refractivity contribution in [2.24, 2.45) is 10.8 Å². The molecule has 3 fully saturated rings. The molecule has 5 heteroatoms. The first kappa shape index (κ1) is 17.5. The number of nitrogens with zero attached hydrogens (tertiary/aromatic N) is 2. The molecule has 2 aliphatic carbocycles. The Morgan fingerprint density at radius 1 is 1.08 bits per heavy atom. The molecule has 1 aromatic heterocycles. The van der Waals surface area contributed by atoms with Crippen LogP contribution in [0.4, 0.5) is 0 Å². The highest BCUT2D eigenvalue weighted by atomic mass is 16.2. The molecule has 3 aliphatic rings. The minimum Gasteiger partial charge on any atom is -0.349 e. The van der Waals surface area contributed by atoms with Crippen LogP contribution in [0.25, 0.3) is 0 Å². The fraction of sp³-hybridized carbons (Fsp3) is 0.667. The van der Waals surface area contributed by atoms with E-state index in [0.29, 0.717) is 11.5 Å². The number of pyridine rings is 1. The lowest BCUT2D eigenvalue weighted by molar-refractivity contribution is -0.144. The predicted octanol–water partition coefficient (Wildman–Crippen LogP) is 3.16. The highest BCUT2D eigenvalue weighted by Crippen LogP contribution is 2.54. The zero-order chi connectivity index (χ0) is 18.2. The van der Waals surface area contributed by atoms with Crippen molar-refractivity contribution in [1.82, 2.24) is 15.2 Å². The molecule has 2 amide bonds. The van der Waals surface area contributed by atoms with Crippen LogP contribution >= 0.6 is 0 Å². The summed E-state index contributed by atoms with van der Waals surface area (Å²) < 4.78 is 0. The van der Waals surface area contributed by atoms with Gasteiger partial charge in [0.25, 0.3) is 5.91 Å². The number of aromatic nitrogens is 1. The van der Waals surface area contributed by atoms with Crippen molar-refractivity contribution < 1.29 is 9.59 Å². The number of amides is 2. The number of nitrogens with one attached hydrogen (secondary N) is 1. The Hall–Kier alpha value is -1.91. The molecule has 1 aliphatic heterocycles. The predicted molar refractivity (Wildman–Crippen MR) is 99.5 cm³/mol. The second-order valence-electron chi connectivity index (χ2n) is 8.74. The maximum atomic E-state index is 13.0. The van der Waals surface area contributed by atoms with Crippen molar-refractivity contribution >= 4 is 11.8 Å². The van der Waals surface area contributed by atoms with Crippen LogP contribution in [0.3, 0.4) is 0 Å². The standard InChI is InChI=1S/C21H29N3O2/c1-20(7-3-2-4-8-20)19(26)24-13-9-21(10-14-24)15-17(21)23-18(25)16-5-11-22-12-6-16/h5-6,11-12,17H,2-4,7-10,13-15H2,1H3,(H,23,25). The second-order valence-corrected chi connectivity index (χ2v) is 8.74. The Morgan fingerprint density at radius 3 is 2.38 bits per heavy atom. The number of likely N-dealkylation sites (tertiary alicyclic amines) is 1. The largest absolute Gasteiger partial charge is 0.349 e. The minimum atomic E-state index is -0.138. The summed E-state index contributed by atoms with van der Waals surface area (Å²) in [5, 5.41) is 3.18. The number of carbonyl (C=O) groups excluding carboxylic acids is 2. The summed E-state index contributed by atoms with van der Waals surface area (Å²) in [5.41, 5.74) is 0.744. The van der Waals surface area contributed by atoms with E-state index >= 15 is 0 Å². The van der Waals surface area contributed by atoms with Gasteiger partial charge in [0, 0.05) is 42.5 Å². The van der Waals surface area contributed by atoms with E-state index in [1.165, 1.54) is 19.3 Å². The Balaban J connectivity index is 1.30. The first-order chi connectivity index (χ1) is 12.5. The Bertz CT molecular complexity index is 674. The van der Waals surface area contributed by atoms with Crippen molar-refractivity contribution in [3.8, 4) is 0 Å². The smallest absolute Gasteiger partial charge is 0.251 e. The van der Waals surface area contributed by atoms with Crippen molar-refractivity contribution in [2.75, 3.05) is 13.1 Å². The Labute approximate surface area is 155 Å². The first-order valence-corrected chi connectivity index (χ1v) is 10.0. The van der Waals surface area contributed by atoms with E-state index in [1.807, 2.05) is 0 Å². The Morgan fingerprint density at radius 2 is 1.73 bits per heavy atom. The zero-order valence-corrected chi connectivity index (χ0v) is 15.7. The third-order valence-corrected chi connectivity index (χ3v) is 6.96. The van der Waals surface area contributed by atoms with Gasteiger partial charge in [-0.3, -0.25) is 14.6 Å². The van der Waals surface area contributed by atoms with Gasteiger partial charge in [0.15, 0.2) is 0 Å². The Kier molecular flexibility index (Phi) is 4.49. The molecule has 1 spiro atoms. The number of piperidine rings is 1. The third-order valence-electron chi connectivity index (χ3n) is 6.96. The molecule has 1 unspecified atom stereocenters. The van der Waals surface area contributed by atoms with Crippen LogP contribution in [0, 0.1) is 10.8 Å². The van der Waals surface area contributed by atoms with Crippen LogP contribution in [-0.2, 0) is 4.79 Å². The number of carbonyl (C=O) groups is 2. The van der Waals surface area contributed by atoms with Gasteiger partial charge in [-0.1, -0.05) is 26.2 Å². The highest BCUT2D eigenvalue weighted by Gasteiger charge is 2.56. The van der Waals surface area contributed by atoms with E-state index in [0.717, 1.165) is 45.2 Å². The average Bonchev–Trinajstić information content (AvgIpc) is 3.34. The van der Waals surface area contributed by atoms with Crippen LogP contribution < -0.4 is 5.32 Å². The molecule has 2 saturated carbocycles. The molecule has 5 nitrogen and oxygen atoms in total. The van der Waals surface area contributed by atoms with Crippen LogP contribution in [0.2, 0.25) is 0 Å². The van der Waals surface area contributed by atoms with Gasteiger partial charge < -0.3 is 10.2 Å². The topological polar surface area (TPSA) is 62.3 Å². The molecule has 140 valence electrons. The molecule has 4 rings (SSSR count). The summed E-state index contributed by atoms with van der Waals surface area (Å²) in [6.45, 7) is 3.85. The lowest BCUT2D eigenvalue weighted by Gasteiger charge is -2.40. The lowest BCUT2D eigenvalue weighted by atomic mass is 9.74. The summed E-state index contributed by atoms with van der Waals surface area (Å²) >= 11 is 0. The van der Waals surface area contributed by atoms with E-state index < -0.39 is 0 Å². The minimum absolute atomic E-state index is 0.0116. The van der Waals surface area contributed by atoms with Gasteiger partial charge in [-0.15, -0.1) is 0 Å². The molecule has 1 aromatic rings. The third kappa shape index (κ3) is 3.24. The first-order valence-electron chi connectivity index (χ1n) is 10.0. The van der Waals surface area contributed by atoms with Crippen LogP contribution in [0.5, 0.6) is 0 Å². The molecular formula is C21H29N3O2. The van der Waals surface area contributed by atoms with Gasteiger partial charge in [0.1, 0.15) is 0 Å². The van der Waals surface area contributed by atoms with E-state index in [9.17, 15) is 9.59 Å². The van der Waals surface area contributed by atoms with E-state index in [4.69, 9.17) is 0 Å². The normalized spacial score (nSPS) is 26.3. The number of rotatable bonds is 3. The number of hydrogen-bond acceptors (Lipinski definition) is 3. The van der Waals surface area contributed by atoms with E-state index in [2.05, 4.69) is 22.1 Å². The van der Waals surface area contributed by atoms with Gasteiger partial charge in [-0.05, 0) is 49.7 Å². The highest BCUT2D eigenvalue weighted by molar-refractivity contribution is 5.94. The summed E-state index contributed by atoms with van der Waals surface area (Å²) in [6.07, 6.45) is 12.1. The van der Waals surface area contributed by atoms with Crippen molar-refractivity contribution in [1.29, 1.82) is 0 Å². The van der Waals surface area contributed by atoms with Crippen LogP contribution in [0.15, 0.2) is 24.5 Å². The summed E-state index contributed by atoms with van der Waals surface area (Å²) in [6, 6.07) is 3.75. The average molecular weight is 355 g/mol. The molecule has 0 radical (unpaired) electrons. The fourth-order valence-electron chi connectivity index (χ4n) is 4.93. The van der Waals surface area contributed by atoms with Gasteiger partial charge in [-0.25, -0.2) is 0 Å². The SMILES string of the molecule is CC1(C(=O)N2CCC3(CC2)CC3NC(=O)c2ccncc2)CCCCC1. The van der Waals surface area contributed by atoms with Crippen molar-refractivity contribution in [2.45, 2.75) is 64.3 Å². The molecule has 26 heavy (non-hydrogen) atoms. The van der Waals surface area contributed by atoms with Crippen LogP contribution in [0.1, 0.15) is 68.6 Å². The van der Waals surface area contributed by atoms with Crippen LogP contribution in [-0.4, -0.2) is 40.8 Å². The maximum absolute atomic E-state index is 13.0. The second kappa shape index (κ2) is 6.67. The van der Waals surface area contributed by atoms with Crippen molar-refractivity contribution in [3.63, 3.8) is 0 Å². The fourth-order valence-corrected chi connectivity index (χ4v) is 4.93. The maximum Gasteiger partial charge on any atom is 0.251 e. The summed E-state index contributed by atoms with van der Waals surface area (Å²) in [4.78, 5) is 31.4. The van der Waals surface area contributed by atoms with Gasteiger partial charge in [0.05, 0.1) is 0 Å². The molecule has 2 heterocycles. The van der Waals surface area contributed by atoms with Gasteiger partial charge in [-0.2, -0.15) is 0 Å². The molecular weight excluding hydrogens is 326 g/mol. The zero-order valence-electron chi connectivity index (χ0n) is 15.7. The molecule has 1 atom stereocenters. The van der Waals surface area contributed by atoms with E-state index in [-0.39, 0.29) is 22.8 Å². The molecule has 1 N–H and O–H groups in total. The van der Waals surface area contributed by atoms with Crippen molar-refractivity contribution in [3.05, 3.63) is 30.1 Å². The number of hydrogen-bond donors (Lipinski definition) is 1. The van der Waals surface area contributed by atoms with Gasteiger partial charge >= 0.3 is 0 Å². The lowest BCUT2D eigenvalue weighted by Crippen LogP contribution is -2.48. The molecule has 1 saturated heterocycles. The van der Waals surface area contributed by atoms with Gasteiger partial charge in [0.2, 0.25) is 5.91 Å². The quantitative estimate of drug-likeness (QED) is 0.906.